The van der Waals surface area contributed by atoms with Gasteiger partial charge in [-0.2, -0.15) is 0 Å². The zero-order valence-electron chi connectivity index (χ0n) is 10.9. The molecular formula is C11H16N4O4. The van der Waals surface area contributed by atoms with Gasteiger partial charge in [-0.15, -0.1) is 0 Å². The van der Waals surface area contributed by atoms with E-state index in [1.54, 1.807) is 0 Å². The number of nitrogens with one attached hydrogen (secondary N) is 3. The second-order valence-corrected chi connectivity index (χ2v) is 4.91. The summed E-state index contributed by atoms with van der Waals surface area (Å²) >= 11 is 0. The predicted octanol–water partition coefficient (Wildman–Crippen LogP) is -0.248. The van der Waals surface area contributed by atoms with Gasteiger partial charge in [0.2, 0.25) is 5.91 Å². The first-order chi connectivity index (χ1) is 8.70. The number of carbonyl (C=O) groups is 3. The average molecular weight is 268 g/mol. The third-order valence-corrected chi connectivity index (χ3v) is 1.99. The van der Waals surface area contributed by atoms with Crippen molar-refractivity contribution in [3.05, 3.63) is 17.7 Å². The molecule has 1 aromatic heterocycles. The zero-order valence-corrected chi connectivity index (χ0v) is 10.9. The van der Waals surface area contributed by atoms with Crippen LogP contribution in [0.3, 0.4) is 0 Å². The molecule has 8 heteroatoms. The lowest BCUT2D eigenvalue weighted by molar-refractivity contribution is -0.121. The fourth-order valence-electron chi connectivity index (χ4n) is 1.34. The molecule has 0 saturated heterocycles. The number of imidazole rings is 1. The molecule has 0 saturated carbocycles. The number of rotatable bonds is 4. The summed E-state index contributed by atoms with van der Waals surface area (Å²) in [7, 11) is 0. The summed E-state index contributed by atoms with van der Waals surface area (Å²) < 4.78 is 0. The number of hydrogen-bond donors (Lipinski definition) is 4. The minimum Gasteiger partial charge on any atom is -0.477 e. The number of carboxylic acid groups (broad SMARTS) is 1. The molecule has 0 atom stereocenters. The highest BCUT2D eigenvalue weighted by molar-refractivity contribution is 6.03. The molecule has 0 bridgehead atoms. The Kier molecular flexibility index (Phi) is 4.26. The summed E-state index contributed by atoms with van der Waals surface area (Å²) in [6, 6.07) is 0. The van der Waals surface area contributed by atoms with Crippen LogP contribution in [0.15, 0.2) is 6.33 Å². The van der Waals surface area contributed by atoms with Crippen LogP contribution in [0.25, 0.3) is 0 Å². The van der Waals surface area contributed by atoms with Gasteiger partial charge in [0, 0.05) is 5.54 Å². The van der Waals surface area contributed by atoms with Crippen LogP contribution < -0.4 is 10.6 Å². The van der Waals surface area contributed by atoms with Crippen molar-refractivity contribution in [2.24, 2.45) is 0 Å². The van der Waals surface area contributed by atoms with E-state index in [0.29, 0.717) is 0 Å². The summed E-state index contributed by atoms with van der Waals surface area (Å²) in [5.74, 6) is -2.38. The Morgan fingerprint density at radius 2 is 2.00 bits per heavy atom. The van der Waals surface area contributed by atoms with E-state index in [1.165, 1.54) is 0 Å². The molecule has 0 fully saturated rings. The molecular weight excluding hydrogens is 252 g/mol. The van der Waals surface area contributed by atoms with E-state index >= 15 is 0 Å². The first-order valence-corrected chi connectivity index (χ1v) is 5.56. The van der Waals surface area contributed by atoms with Gasteiger partial charge in [0.1, 0.15) is 0 Å². The summed E-state index contributed by atoms with van der Waals surface area (Å²) in [4.78, 5) is 39.9. The smallest absolute Gasteiger partial charge is 0.354 e. The van der Waals surface area contributed by atoms with E-state index in [0.717, 1.165) is 6.33 Å². The molecule has 2 amide bonds. The molecule has 0 aliphatic heterocycles. The number of aromatic carboxylic acids is 1. The number of nitrogens with zero attached hydrogens (tertiary/aromatic N) is 1. The molecule has 1 rings (SSSR count). The maximum Gasteiger partial charge on any atom is 0.354 e. The minimum absolute atomic E-state index is 0.248. The van der Waals surface area contributed by atoms with Gasteiger partial charge in [-0.3, -0.25) is 9.59 Å². The highest BCUT2D eigenvalue weighted by Crippen LogP contribution is 2.02. The maximum absolute atomic E-state index is 11.7. The van der Waals surface area contributed by atoms with Crippen LogP contribution in [0.2, 0.25) is 0 Å². The van der Waals surface area contributed by atoms with Crippen molar-refractivity contribution in [2.75, 3.05) is 6.54 Å². The maximum atomic E-state index is 11.7. The molecule has 19 heavy (non-hydrogen) atoms. The fourth-order valence-corrected chi connectivity index (χ4v) is 1.34. The van der Waals surface area contributed by atoms with Crippen molar-refractivity contribution in [3.8, 4) is 0 Å². The average Bonchev–Trinajstić information content (AvgIpc) is 2.72. The molecule has 0 aromatic carbocycles. The first kappa shape index (κ1) is 14.7. The third-order valence-electron chi connectivity index (χ3n) is 1.99. The van der Waals surface area contributed by atoms with Gasteiger partial charge in [0.05, 0.1) is 12.9 Å². The van der Waals surface area contributed by atoms with Crippen molar-refractivity contribution in [2.45, 2.75) is 26.3 Å². The standard InChI is InChI=1S/C11H16N4O4/c1-11(2,3)15-6(16)4-12-9(17)7-8(10(18)19)14-5-13-7/h5H,4H2,1-3H3,(H,12,17)(H,13,14)(H,15,16)(H,18,19). The summed E-state index contributed by atoms with van der Waals surface area (Å²) in [5.41, 5.74) is -0.967. The predicted molar refractivity (Wildman–Crippen MR) is 65.8 cm³/mol. The topological polar surface area (TPSA) is 124 Å². The number of aromatic nitrogens is 2. The number of carbonyl (C=O) groups excluding carboxylic acids is 2. The van der Waals surface area contributed by atoms with Gasteiger partial charge < -0.3 is 20.7 Å². The third kappa shape index (κ3) is 4.41. The summed E-state index contributed by atoms with van der Waals surface area (Å²) in [6.07, 6.45) is 1.10. The van der Waals surface area contributed by atoms with Crippen molar-refractivity contribution < 1.29 is 19.5 Å². The lowest BCUT2D eigenvalue weighted by atomic mass is 10.1. The van der Waals surface area contributed by atoms with Gasteiger partial charge in [0.25, 0.3) is 5.91 Å². The van der Waals surface area contributed by atoms with Crippen molar-refractivity contribution in [3.63, 3.8) is 0 Å². The van der Waals surface area contributed by atoms with Crippen LogP contribution in [0.5, 0.6) is 0 Å². The number of H-pyrrole nitrogens is 1. The van der Waals surface area contributed by atoms with Crippen LogP contribution in [0, 0.1) is 0 Å². The lowest BCUT2D eigenvalue weighted by Crippen LogP contribution is -2.46. The van der Waals surface area contributed by atoms with E-state index in [-0.39, 0.29) is 23.8 Å². The lowest BCUT2D eigenvalue weighted by Gasteiger charge is -2.20. The number of hydrogen-bond acceptors (Lipinski definition) is 4. The second-order valence-electron chi connectivity index (χ2n) is 4.91. The highest BCUT2D eigenvalue weighted by atomic mass is 16.4. The Labute approximate surface area is 109 Å². The zero-order chi connectivity index (χ0) is 14.6. The van der Waals surface area contributed by atoms with Crippen molar-refractivity contribution in [1.82, 2.24) is 20.6 Å². The van der Waals surface area contributed by atoms with Crippen LogP contribution in [0.1, 0.15) is 41.7 Å². The molecule has 0 aliphatic rings. The molecule has 8 nitrogen and oxygen atoms in total. The molecule has 0 unspecified atom stereocenters. The molecule has 104 valence electrons. The van der Waals surface area contributed by atoms with Gasteiger partial charge in [-0.05, 0) is 20.8 Å². The largest absolute Gasteiger partial charge is 0.477 e. The van der Waals surface area contributed by atoms with Gasteiger partial charge in [-0.25, -0.2) is 9.78 Å². The molecule has 0 spiro atoms. The monoisotopic (exact) mass is 268 g/mol. The van der Waals surface area contributed by atoms with Crippen molar-refractivity contribution >= 4 is 17.8 Å². The molecule has 1 heterocycles. The van der Waals surface area contributed by atoms with Gasteiger partial charge in [0.15, 0.2) is 11.4 Å². The number of aromatic amines is 1. The Balaban J connectivity index is 2.59. The molecule has 0 aliphatic carbocycles. The van der Waals surface area contributed by atoms with Crippen LogP contribution in [-0.4, -0.2) is 44.9 Å². The first-order valence-electron chi connectivity index (χ1n) is 5.56. The Morgan fingerprint density at radius 3 is 2.53 bits per heavy atom. The van der Waals surface area contributed by atoms with Crippen LogP contribution >= 0.6 is 0 Å². The summed E-state index contributed by atoms with van der Waals surface area (Å²) in [5, 5.41) is 13.8. The fraction of sp³-hybridized carbons (Fsp3) is 0.455. The van der Waals surface area contributed by atoms with Gasteiger partial charge in [-0.1, -0.05) is 0 Å². The SMILES string of the molecule is CC(C)(C)NC(=O)CNC(=O)c1nc[nH]c1C(=O)O. The Hall–Kier alpha value is -2.38. The number of carboxylic acids is 1. The highest BCUT2D eigenvalue weighted by Gasteiger charge is 2.20. The quantitative estimate of drug-likeness (QED) is 0.599. The molecule has 1 aromatic rings. The van der Waals surface area contributed by atoms with Crippen molar-refractivity contribution in [1.29, 1.82) is 0 Å². The van der Waals surface area contributed by atoms with E-state index in [9.17, 15) is 14.4 Å². The number of amides is 2. The van der Waals surface area contributed by atoms with Gasteiger partial charge >= 0.3 is 5.97 Å². The van der Waals surface area contributed by atoms with Crippen LogP contribution in [-0.2, 0) is 4.79 Å². The Bertz CT molecular complexity index is 501. The Morgan fingerprint density at radius 1 is 1.37 bits per heavy atom. The van der Waals surface area contributed by atoms with E-state index in [1.807, 2.05) is 20.8 Å². The van der Waals surface area contributed by atoms with E-state index in [4.69, 9.17) is 5.11 Å². The van der Waals surface area contributed by atoms with E-state index < -0.39 is 17.4 Å². The molecule has 0 radical (unpaired) electrons. The minimum atomic E-state index is -1.29. The van der Waals surface area contributed by atoms with Crippen LogP contribution in [0.4, 0.5) is 0 Å². The van der Waals surface area contributed by atoms with E-state index in [2.05, 4.69) is 20.6 Å². The summed E-state index contributed by atoms with van der Waals surface area (Å²) in [6.45, 7) is 5.18. The normalized spacial score (nSPS) is 10.9. The molecule has 4 N–H and O–H groups in total. The second kappa shape index (κ2) is 5.51.